The quantitative estimate of drug-likeness (QED) is 0.764. The van der Waals surface area contributed by atoms with E-state index in [1.165, 1.54) is 10.6 Å². The van der Waals surface area contributed by atoms with Gasteiger partial charge in [-0.3, -0.25) is 0 Å². The molecule has 80 valence electrons. The number of hydrogen-bond donors (Lipinski definition) is 0. The van der Waals surface area contributed by atoms with E-state index in [1.807, 2.05) is 6.08 Å². The van der Waals surface area contributed by atoms with Gasteiger partial charge in [0.15, 0.2) is 0 Å². The summed E-state index contributed by atoms with van der Waals surface area (Å²) in [6.07, 6.45) is 7.32. The van der Waals surface area contributed by atoms with Crippen molar-refractivity contribution in [1.82, 2.24) is 4.98 Å². The van der Waals surface area contributed by atoms with Crippen LogP contribution in [0.3, 0.4) is 0 Å². The second kappa shape index (κ2) is 4.19. The number of rotatable bonds is 2. The molecule has 2 nitrogen and oxygen atoms in total. The van der Waals surface area contributed by atoms with Crippen LogP contribution in [-0.2, 0) is 4.74 Å². The molecule has 0 aliphatic heterocycles. The average Bonchev–Trinajstić information content (AvgIpc) is 2.58. The zero-order chi connectivity index (χ0) is 10.8. The average molecular weight is 221 g/mol. The normalized spacial score (nSPS) is 20.2. The van der Waals surface area contributed by atoms with Crippen molar-refractivity contribution in [3.05, 3.63) is 39.6 Å². The first-order valence-corrected chi connectivity index (χ1v) is 5.88. The number of ether oxygens (including phenoxy) is 1. The van der Waals surface area contributed by atoms with Crippen molar-refractivity contribution >= 4 is 11.3 Å². The molecule has 0 fully saturated rings. The molecular formula is C12H15NOS. The molecule has 0 spiro atoms. The molecule has 1 heterocycles. The Morgan fingerprint density at radius 2 is 2.27 bits per heavy atom. The summed E-state index contributed by atoms with van der Waals surface area (Å²) in [5.41, 5.74) is 1.22. The number of nitrogens with zero attached hydrogens (tertiary/aromatic N) is 1. The van der Waals surface area contributed by atoms with Crippen molar-refractivity contribution in [2.24, 2.45) is 0 Å². The number of allylic oxidation sites excluding steroid dienone is 3. The van der Waals surface area contributed by atoms with Crippen LogP contribution in [-0.4, -0.2) is 12.1 Å². The Morgan fingerprint density at radius 3 is 2.73 bits per heavy atom. The first kappa shape index (κ1) is 10.4. The lowest BCUT2D eigenvalue weighted by Crippen LogP contribution is -2.01. The molecule has 1 atom stereocenters. The van der Waals surface area contributed by atoms with Gasteiger partial charge >= 0.3 is 0 Å². The molecule has 1 aromatic heterocycles. The molecule has 0 bridgehead atoms. The molecule has 3 heteroatoms. The Hall–Kier alpha value is -1.09. The van der Waals surface area contributed by atoms with Crippen LogP contribution < -0.4 is 0 Å². The largest absolute Gasteiger partial charge is 0.497 e. The highest BCUT2D eigenvalue weighted by Crippen LogP contribution is 2.30. The number of methoxy groups -OCH3 is 1. The Labute approximate surface area is 94.3 Å². The van der Waals surface area contributed by atoms with Gasteiger partial charge in [0.25, 0.3) is 0 Å². The Kier molecular flexibility index (Phi) is 2.91. The van der Waals surface area contributed by atoms with Gasteiger partial charge in [0.1, 0.15) is 5.76 Å². The van der Waals surface area contributed by atoms with E-state index in [0.29, 0.717) is 5.92 Å². The third-order valence-electron chi connectivity index (χ3n) is 2.59. The number of aryl methyl sites for hydroxylation is 2. The van der Waals surface area contributed by atoms with Crippen molar-refractivity contribution in [3.8, 4) is 0 Å². The minimum atomic E-state index is 0.425. The molecular weight excluding hydrogens is 206 g/mol. The Bertz CT molecular complexity index is 417. The summed E-state index contributed by atoms with van der Waals surface area (Å²) in [7, 11) is 1.70. The van der Waals surface area contributed by atoms with E-state index >= 15 is 0 Å². The monoisotopic (exact) mass is 221 g/mol. The highest BCUT2D eigenvalue weighted by atomic mass is 32.1. The topological polar surface area (TPSA) is 22.1 Å². The van der Waals surface area contributed by atoms with Gasteiger partial charge in [-0.2, -0.15) is 0 Å². The third kappa shape index (κ3) is 2.12. The lowest BCUT2D eigenvalue weighted by atomic mass is 9.96. The predicted octanol–water partition coefficient (Wildman–Crippen LogP) is 3.33. The Balaban J connectivity index is 2.19. The van der Waals surface area contributed by atoms with Gasteiger partial charge in [-0.1, -0.05) is 6.08 Å². The summed E-state index contributed by atoms with van der Waals surface area (Å²) in [6.45, 7) is 4.20. The van der Waals surface area contributed by atoms with Crippen LogP contribution in [0.2, 0.25) is 0 Å². The van der Waals surface area contributed by atoms with E-state index in [2.05, 4.69) is 31.0 Å². The lowest BCUT2D eigenvalue weighted by Gasteiger charge is -2.14. The van der Waals surface area contributed by atoms with E-state index in [0.717, 1.165) is 17.2 Å². The second-order valence-corrected chi connectivity index (χ2v) is 5.09. The molecule has 15 heavy (non-hydrogen) atoms. The summed E-state index contributed by atoms with van der Waals surface area (Å²) in [6, 6.07) is 0. The highest BCUT2D eigenvalue weighted by molar-refractivity contribution is 7.11. The fourth-order valence-corrected chi connectivity index (χ4v) is 2.73. The zero-order valence-electron chi connectivity index (χ0n) is 9.28. The zero-order valence-corrected chi connectivity index (χ0v) is 10.1. The molecule has 1 aromatic rings. The van der Waals surface area contributed by atoms with Gasteiger partial charge < -0.3 is 4.74 Å². The highest BCUT2D eigenvalue weighted by Gasteiger charge is 2.16. The van der Waals surface area contributed by atoms with Crippen LogP contribution in [0.4, 0.5) is 0 Å². The first-order chi connectivity index (χ1) is 7.20. The summed E-state index contributed by atoms with van der Waals surface area (Å²) in [5.74, 6) is 1.38. The molecule has 0 aromatic carbocycles. The molecule has 0 saturated heterocycles. The maximum Gasteiger partial charge on any atom is 0.114 e. The summed E-state index contributed by atoms with van der Waals surface area (Å²) in [4.78, 5) is 5.91. The smallest absolute Gasteiger partial charge is 0.114 e. The van der Waals surface area contributed by atoms with E-state index in [9.17, 15) is 0 Å². The van der Waals surface area contributed by atoms with E-state index < -0.39 is 0 Å². The predicted molar refractivity (Wildman–Crippen MR) is 63.2 cm³/mol. The number of aromatic nitrogens is 1. The summed E-state index contributed by atoms with van der Waals surface area (Å²) in [5, 5.41) is 1.15. The van der Waals surface area contributed by atoms with Gasteiger partial charge in [0.05, 0.1) is 17.8 Å². The molecule has 2 rings (SSSR count). The minimum absolute atomic E-state index is 0.425. The summed E-state index contributed by atoms with van der Waals surface area (Å²) < 4.78 is 5.17. The lowest BCUT2D eigenvalue weighted by molar-refractivity contribution is 0.303. The molecule has 0 amide bonds. The maximum absolute atomic E-state index is 5.17. The fourth-order valence-electron chi connectivity index (χ4n) is 1.84. The van der Waals surface area contributed by atoms with Crippen LogP contribution in [0.1, 0.15) is 27.9 Å². The van der Waals surface area contributed by atoms with Crippen LogP contribution in [0, 0.1) is 13.8 Å². The van der Waals surface area contributed by atoms with Crippen LogP contribution in [0.25, 0.3) is 0 Å². The third-order valence-corrected chi connectivity index (χ3v) is 3.49. The van der Waals surface area contributed by atoms with Crippen molar-refractivity contribution < 1.29 is 4.74 Å². The van der Waals surface area contributed by atoms with E-state index in [-0.39, 0.29) is 0 Å². The Morgan fingerprint density at radius 1 is 1.47 bits per heavy atom. The van der Waals surface area contributed by atoms with E-state index in [4.69, 9.17) is 4.74 Å². The fraction of sp³-hybridized carbons (Fsp3) is 0.417. The van der Waals surface area contributed by atoms with Gasteiger partial charge in [-0.05, 0) is 32.4 Å². The number of hydrogen-bond acceptors (Lipinski definition) is 3. The van der Waals surface area contributed by atoms with Crippen molar-refractivity contribution in [2.75, 3.05) is 7.11 Å². The standard InChI is InChI=1S/C12H15NOS/c1-8-12(13-9(2)15-8)10-4-6-11(14-3)7-5-10/h4,6-7,10H,5H2,1-3H3. The maximum atomic E-state index is 5.17. The van der Waals surface area contributed by atoms with Gasteiger partial charge in [0.2, 0.25) is 0 Å². The van der Waals surface area contributed by atoms with Crippen molar-refractivity contribution in [3.63, 3.8) is 0 Å². The minimum Gasteiger partial charge on any atom is -0.497 e. The van der Waals surface area contributed by atoms with Gasteiger partial charge in [-0.15, -0.1) is 11.3 Å². The SMILES string of the molecule is COC1=CCC(c2nc(C)sc2C)C=C1. The molecule has 0 saturated carbocycles. The molecule has 1 aliphatic carbocycles. The first-order valence-electron chi connectivity index (χ1n) is 5.07. The molecule has 1 aliphatic rings. The van der Waals surface area contributed by atoms with Crippen molar-refractivity contribution in [2.45, 2.75) is 26.2 Å². The second-order valence-electron chi connectivity index (χ2n) is 3.69. The van der Waals surface area contributed by atoms with Crippen LogP contribution in [0.15, 0.2) is 24.0 Å². The summed E-state index contributed by atoms with van der Waals surface area (Å²) >= 11 is 1.77. The molecule has 0 radical (unpaired) electrons. The van der Waals surface area contributed by atoms with Gasteiger partial charge in [-0.25, -0.2) is 4.98 Å². The van der Waals surface area contributed by atoms with Gasteiger partial charge in [0, 0.05) is 10.8 Å². The van der Waals surface area contributed by atoms with Crippen LogP contribution >= 0.6 is 11.3 Å². The van der Waals surface area contributed by atoms with Crippen LogP contribution in [0.5, 0.6) is 0 Å². The molecule has 0 N–H and O–H groups in total. The van der Waals surface area contributed by atoms with Crippen molar-refractivity contribution in [1.29, 1.82) is 0 Å². The molecule has 1 unspecified atom stereocenters. The number of thiazole rings is 1. The van der Waals surface area contributed by atoms with E-state index in [1.54, 1.807) is 18.4 Å².